The molecule has 1 aromatic rings. The number of piperidine rings is 1. The van der Waals surface area contributed by atoms with Gasteiger partial charge >= 0.3 is 0 Å². The van der Waals surface area contributed by atoms with Gasteiger partial charge in [-0.2, -0.15) is 0 Å². The summed E-state index contributed by atoms with van der Waals surface area (Å²) >= 11 is 12.3. The highest BCUT2D eigenvalue weighted by Gasteiger charge is 2.23. The molecular formula is C14H19Cl2NO. The van der Waals surface area contributed by atoms with Crippen molar-refractivity contribution < 1.29 is 4.74 Å². The number of hydrogen-bond donors (Lipinski definition) is 0. The van der Waals surface area contributed by atoms with Crippen molar-refractivity contribution >= 4 is 28.9 Å². The first kappa shape index (κ1) is 14.0. The van der Waals surface area contributed by atoms with Crippen LogP contribution < -0.4 is 4.90 Å². The van der Waals surface area contributed by atoms with Crippen LogP contribution in [0.4, 0.5) is 5.69 Å². The minimum Gasteiger partial charge on any atom is -0.377 e. The van der Waals surface area contributed by atoms with Gasteiger partial charge in [-0.15, -0.1) is 11.6 Å². The number of para-hydroxylation sites is 1. The summed E-state index contributed by atoms with van der Waals surface area (Å²) in [5.41, 5.74) is 2.18. The van der Waals surface area contributed by atoms with Crippen LogP contribution in [-0.2, 0) is 10.6 Å². The Morgan fingerprint density at radius 3 is 3.00 bits per heavy atom. The number of anilines is 1. The summed E-state index contributed by atoms with van der Waals surface area (Å²) in [4.78, 5) is 2.31. The van der Waals surface area contributed by atoms with Gasteiger partial charge in [0.1, 0.15) is 0 Å². The zero-order chi connectivity index (χ0) is 13.0. The predicted octanol–water partition coefficient (Wildman–Crippen LogP) is 4.08. The molecule has 0 aliphatic carbocycles. The van der Waals surface area contributed by atoms with Gasteiger partial charge in [0.25, 0.3) is 0 Å². The maximum atomic E-state index is 6.33. The molecule has 1 saturated heterocycles. The molecule has 2 rings (SSSR count). The van der Waals surface area contributed by atoms with Crippen molar-refractivity contribution in [2.75, 3.05) is 24.6 Å². The van der Waals surface area contributed by atoms with Crippen LogP contribution >= 0.6 is 23.2 Å². The summed E-state index contributed by atoms with van der Waals surface area (Å²) in [7, 11) is 0. The van der Waals surface area contributed by atoms with Crippen LogP contribution in [0.15, 0.2) is 18.2 Å². The molecule has 1 aliphatic heterocycles. The summed E-state index contributed by atoms with van der Waals surface area (Å²) in [5, 5.41) is 0.783. The molecule has 100 valence electrons. The lowest BCUT2D eigenvalue weighted by Gasteiger charge is -2.35. The van der Waals surface area contributed by atoms with E-state index in [0.29, 0.717) is 12.0 Å². The molecule has 0 N–H and O–H groups in total. The van der Waals surface area contributed by atoms with Crippen LogP contribution in [0.25, 0.3) is 0 Å². The third-order valence-corrected chi connectivity index (χ3v) is 3.90. The molecule has 1 unspecified atom stereocenters. The molecule has 1 atom stereocenters. The molecule has 0 amide bonds. The Kier molecular flexibility index (Phi) is 5.16. The highest BCUT2D eigenvalue weighted by Crippen LogP contribution is 2.33. The normalized spacial score (nSPS) is 20.2. The van der Waals surface area contributed by atoms with Gasteiger partial charge in [0.15, 0.2) is 0 Å². The topological polar surface area (TPSA) is 12.5 Å². The van der Waals surface area contributed by atoms with Crippen molar-refractivity contribution in [1.82, 2.24) is 0 Å². The number of alkyl halides is 1. The fourth-order valence-corrected chi connectivity index (χ4v) is 3.06. The SMILES string of the molecule is CCOC1CCCN(c2c(Cl)cccc2CCl)C1. The van der Waals surface area contributed by atoms with E-state index in [4.69, 9.17) is 27.9 Å². The van der Waals surface area contributed by atoms with E-state index in [9.17, 15) is 0 Å². The summed E-state index contributed by atoms with van der Waals surface area (Å²) in [6.07, 6.45) is 2.58. The highest BCUT2D eigenvalue weighted by atomic mass is 35.5. The van der Waals surface area contributed by atoms with Crippen LogP contribution in [0.3, 0.4) is 0 Å². The Balaban J connectivity index is 2.20. The van der Waals surface area contributed by atoms with Crippen molar-refractivity contribution in [2.45, 2.75) is 31.7 Å². The molecule has 1 heterocycles. The van der Waals surface area contributed by atoms with Gasteiger partial charge in [-0.1, -0.05) is 23.7 Å². The second-order valence-corrected chi connectivity index (χ2v) is 5.22. The molecule has 2 nitrogen and oxygen atoms in total. The van der Waals surface area contributed by atoms with E-state index in [1.165, 1.54) is 0 Å². The molecule has 0 radical (unpaired) electrons. The van der Waals surface area contributed by atoms with E-state index in [-0.39, 0.29) is 0 Å². The van der Waals surface area contributed by atoms with Gasteiger partial charge in [0.05, 0.1) is 16.8 Å². The number of halogens is 2. The van der Waals surface area contributed by atoms with E-state index < -0.39 is 0 Å². The Hall–Kier alpha value is -0.440. The van der Waals surface area contributed by atoms with E-state index in [0.717, 1.165) is 48.8 Å². The number of rotatable bonds is 4. The monoisotopic (exact) mass is 287 g/mol. The molecular weight excluding hydrogens is 269 g/mol. The Morgan fingerprint density at radius 2 is 2.28 bits per heavy atom. The summed E-state index contributed by atoms with van der Waals surface area (Å²) in [6.45, 7) is 4.74. The van der Waals surface area contributed by atoms with Gasteiger partial charge in [-0.3, -0.25) is 0 Å². The second kappa shape index (κ2) is 6.65. The van der Waals surface area contributed by atoms with Crippen LogP contribution in [0, 0.1) is 0 Å². The molecule has 1 aromatic carbocycles. The van der Waals surface area contributed by atoms with Gasteiger partial charge in [-0.05, 0) is 31.4 Å². The lowest BCUT2D eigenvalue weighted by molar-refractivity contribution is 0.0526. The predicted molar refractivity (Wildman–Crippen MR) is 77.9 cm³/mol. The fraction of sp³-hybridized carbons (Fsp3) is 0.571. The lowest BCUT2D eigenvalue weighted by atomic mass is 10.1. The minimum atomic E-state index is 0.309. The molecule has 0 spiro atoms. The summed E-state index contributed by atoms with van der Waals surface area (Å²) in [6, 6.07) is 5.92. The molecule has 0 saturated carbocycles. The van der Waals surface area contributed by atoms with Crippen LogP contribution in [0.5, 0.6) is 0 Å². The average molecular weight is 288 g/mol. The molecule has 18 heavy (non-hydrogen) atoms. The van der Waals surface area contributed by atoms with Crippen molar-refractivity contribution in [2.24, 2.45) is 0 Å². The number of nitrogens with zero attached hydrogens (tertiary/aromatic N) is 1. The number of benzene rings is 1. The third-order valence-electron chi connectivity index (χ3n) is 3.31. The van der Waals surface area contributed by atoms with Crippen molar-refractivity contribution in [3.63, 3.8) is 0 Å². The number of hydrogen-bond acceptors (Lipinski definition) is 2. The van der Waals surface area contributed by atoms with Crippen LogP contribution in [-0.4, -0.2) is 25.8 Å². The Labute approximate surface area is 119 Å². The molecule has 0 aromatic heterocycles. The van der Waals surface area contributed by atoms with Gasteiger partial charge in [0, 0.05) is 25.6 Å². The number of ether oxygens (including phenoxy) is 1. The fourth-order valence-electron chi connectivity index (χ4n) is 2.54. The van der Waals surface area contributed by atoms with Crippen molar-refractivity contribution in [3.8, 4) is 0 Å². The third kappa shape index (κ3) is 3.11. The van der Waals surface area contributed by atoms with E-state index in [1.54, 1.807) is 0 Å². The molecule has 0 bridgehead atoms. The lowest BCUT2D eigenvalue weighted by Crippen LogP contribution is -2.40. The maximum Gasteiger partial charge on any atom is 0.0750 e. The average Bonchev–Trinajstić information content (AvgIpc) is 2.39. The Bertz CT molecular complexity index is 395. The largest absolute Gasteiger partial charge is 0.377 e. The maximum absolute atomic E-state index is 6.33. The second-order valence-electron chi connectivity index (χ2n) is 4.55. The molecule has 1 aliphatic rings. The van der Waals surface area contributed by atoms with Crippen LogP contribution in [0.1, 0.15) is 25.3 Å². The van der Waals surface area contributed by atoms with Crippen LogP contribution in [0.2, 0.25) is 5.02 Å². The molecule has 1 fully saturated rings. The quantitative estimate of drug-likeness (QED) is 0.774. The smallest absolute Gasteiger partial charge is 0.0750 e. The summed E-state index contributed by atoms with van der Waals surface area (Å²) < 4.78 is 5.73. The van der Waals surface area contributed by atoms with E-state index in [1.807, 2.05) is 25.1 Å². The highest BCUT2D eigenvalue weighted by molar-refractivity contribution is 6.33. The minimum absolute atomic E-state index is 0.309. The summed E-state index contributed by atoms with van der Waals surface area (Å²) in [5.74, 6) is 0.492. The zero-order valence-corrected chi connectivity index (χ0v) is 12.2. The standard InChI is InChI=1S/C14H19Cl2NO/c1-2-18-12-6-4-8-17(10-12)14-11(9-15)5-3-7-13(14)16/h3,5,7,12H,2,4,6,8-10H2,1H3. The van der Waals surface area contributed by atoms with Crippen molar-refractivity contribution in [1.29, 1.82) is 0 Å². The van der Waals surface area contributed by atoms with E-state index in [2.05, 4.69) is 4.90 Å². The van der Waals surface area contributed by atoms with Gasteiger partial charge in [0.2, 0.25) is 0 Å². The van der Waals surface area contributed by atoms with Gasteiger partial charge in [-0.25, -0.2) is 0 Å². The van der Waals surface area contributed by atoms with Crippen molar-refractivity contribution in [3.05, 3.63) is 28.8 Å². The van der Waals surface area contributed by atoms with E-state index >= 15 is 0 Å². The zero-order valence-electron chi connectivity index (χ0n) is 10.7. The van der Waals surface area contributed by atoms with Gasteiger partial charge < -0.3 is 9.64 Å². The first-order chi connectivity index (χ1) is 8.76. The Morgan fingerprint density at radius 1 is 1.44 bits per heavy atom. The first-order valence-electron chi connectivity index (χ1n) is 6.46. The molecule has 4 heteroatoms. The first-order valence-corrected chi connectivity index (χ1v) is 7.37.